The highest BCUT2D eigenvalue weighted by molar-refractivity contribution is 5.68. The molecule has 100 valence electrons. The number of rotatable bonds is 1. The van der Waals surface area contributed by atoms with Crippen molar-refractivity contribution in [1.82, 2.24) is 9.80 Å². The molecule has 0 saturated carbocycles. The topological polar surface area (TPSA) is 53.0 Å². The first kappa shape index (κ1) is 14.3. The van der Waals surface area contributed by atoms with Crippen molar-refractivity contribution in [2.75, 3.05) is 27.2 Å². The van der Waals surface area contributed by atoms with E-state index in [-0.39, 0.29) is 18.2 Å². The molecule has 2 atom stereocenters. The summed E-state index contributed by atoms with van der Waals surface area (Å²) in [5, 5.41) is 9.85. The van der Waals surface area contributed by atoms with Crippen molar-refractivity contribution in [3.8, 4) is 0 Å². The van der Waals surface area contributed by atoms with Gasteiger partial charge >= 0.3 is 6.09 Å². The lowest BCUT2D eigenvalue weighted by molar-refractivity contribution is -0.0166. The summed E-state index contributed by atoms with van der Waals surface area (Å²) in [6.45, 7) is 6.64. The largest absolute Gasteiger partial charge is 0.444 e. The summed E-state index contributed by atoms with van der Waals surface area (Å²) in [7, 11) is 3.82. The molecule has 0 bridgehead atoms. The van der Waals surface area contributed by atoms with Crippen LogP contribution < -0.4 is 0 Å². The van der Waals surface area contributed by atoms with Crippen molar-refractivity contribution in [2.45, 2.75) is 44.9 Å². The van der Waals surface area contributed by atoms with Crippen LogP contribution in [0.15, 0.2) is 0 Å². The standard InChI is InChI=1S/C12H24N2O3/c1-12(2,3)17-11(16)14-7-6-10(15)9(8-14)13(4)5/h9-10,15H,6-8H2,1-5H3. The lowest BCUT2D eigenvalue weighted by Gasteiger charge is -2.39. The average molecular weight is 244 g/mol. The third-order valence-corrected chi connectivity index (χ3v) is 2.86. The first-order valence-electron chi connectivity index (χ1n) is 6.03. The van der Waals surface area contributed by atoms with Gasteiger partial charge in [-0.2, -0.15) is 0 Å². The molecule has 1 amide bonds. The summed E-state index contributed by atoms with van der Waals surface area (Å²) in [5.41, 5.74) is -0.471. The molecule has 1 saturated heterocycles. The maximum atomic E-state index is 11.9. The van der Waals surface area contributed by atoms with Gasteiger partial charge in [-0.1, -0.05) is 0 Å². The monoisotopic (exact) mass is 244 g/mol. The Bertz CT molecular complexity index is 273. The number of piperidine rings is 1. The highest BCUT2D eigenvalue weighted by Crippen LogP contribution is 2.17. The van der Waals surface area contributed by atoms with Crippen LogP contribution in [-0.2, 0) is 4.74 Å². The molecule has 5 nitrogen and oxygen atoms in total. The minimum atomic E-state index is -0.471. The van der Waals surface area contributed by atoms with E-state index in [2.05, 4.69) is 0 Å². The fourth-order valence-electron chi connectivity index (χ4n) is 1.92. The fraction of sp³-hybridized carbons (Fsp3) is 0.917. The molecule has 1 aliphatic heterocycles. The number of ether oxygens (including phenoxy) is 1. The predicted octanol–water partition coefficient (Wildman–Crippen LogP) is 0.918. The molecule has 0 aromatic rings. The molecule has 1 N–H and O–H groups in total. The maximum Gasteiger partial charge on any atom is 0.410 e. The van der Waals surface area contributed by atoms with Gasteiger partial charge in [0.05, 0.1) is 12.1 Å². The number of carbonyl (C=O) groups excluding carboxylic acids is 1. The Hall–Kier alpha value is -0.810. The highest BCUT2D eigenvalue weighted by Gasteiger charge is 2.33. The molecular weight excluding hydrogens is 220 g/mol. The zero-order valence-corrected chi connectivity index (χ0v) is 11.4. The molecule has 0 aliphatic carbocycles. The van der Waals surface area contributed by atoms with Gasteiger partial charge in [-0.15, -0.1) is 0 Å². The van der Waals surface area contributed by atoms with E-state index in [0.29, 0.717) is 19.5 Å². The van der Waals surface area contributed by atoms with Crippen molar-refractivity contribution in [1.29, 1.82) is 0 Å². The van der Waals surface area contributed by atoms with Gasteiger partial charge in [0.1, 0.15) is 5.60 Å². The molecule has 0 aromatic carbocycles. The van der Waals surface area contributed by atoms with Crippen LogP contribution in [0.5, 0.6) is 0 Å². The Kier molecular flexibility index (Phi) is 4.38. The van der Waals surface area contributed by atoms with E-state index >= 15 is 0 Å². The van der Waals surface area contributed by atoms with Gasteiger partial charge in [-0.05, 0) is 41.3 Å². The zero-order chi connectivity index (χ0) is 13.2. The first-order valence-corrected chi connectivity index (χ1v) is 6.03. The maximum absolute atomic E-state index is 11.9. The molecule has 1 aliphatic rings. The number of carbonyl (C=O) groups is 1. The van der Waals surface area contributed by atoms with Crippen LogP contribution in [0.2, 0.25) is 0 Å². The second-order valence-electron chi connectivity index (χ2n) is 5.81. The number of likely N-dealkylation sites (tertiary alicyclic amines) is 1. The number of nitrogens with zero attached hydrogens (tertiary/aromatic N) is 2. The Morgan fingerprint density at radius 2 is 2.00 bits per heavy atom. The minimum absolute atomic E-state index is 0.0173. The fourth-order valence-corrected chi connectivity index (χ4v) is 1.92. The molecule has 1 fully saturated rings. The van der Waals surface area contributed by atoms with E-state index in [0.717, 1.165) is 0 Å². The summed E-state index contributed by atoms with van der Waals surface area (Å²) >= 11 is 0. The van der Waals surface area contributed by atoms with E-state index < -0.39 is 5.60 Å². The van der Waals surface area contributed by atoms with Crippen LogP contribution >= 0.6 is 0 Å². The van der Waals surface area contributed by atoms with Crippen molar-refractivity contribution in [3.05, 3.63) is 0 Å². The van der Waals surface area contributed by atoms with E-state index in [4.69, 9.17) is 4.74 Å². The van der Waals surface area contributed by atoms with E-state index in [1.807, 2.05) is 39.8 Å². The lowest BCUT2D eigenvalue weighted by atomic mass is 10.0. The molecule has 17 heavy (non-hydrogen) atoms. The third kappa shape index (κ3) is 4.16. The van der Waals surface area contributed by atoms with Crippen LogP contribution in [0.4, 0.5) is 4.79 Å². The zero-order valence-electron chi connectivity index (χ0n) is 11.4. The molecular formula is C12H24N2O3. The highest BCUT2D eigenvalue weighted by atomic mass is 16.6. The van der Waals surface area contributed by atoms with Gasteiger partial charge < -0.3 is 19.6 Å². The van der Waals surface area contributed by atoms with Crippen LogP contribution in [0.3, 0.4) is 0 Å². The Labute approximate surface area is 103 Å². The number of hydrogen-bond donors (Lipinski definition) is 1. The molecule has 1 rings (SSSR count). The van der Waals surface area contributed by atoms with Gasteiger partial charge in [0.15, 0.2) is 0 Å². The second-order valence-corrected chi connectivity index (χ2v) is 5.81. The molecule has 5 heteroatoms. The van der Waals surface area contributed by atoms with Crippen molar-refractivity contribution < 1.29 is 14.6 Å². The molecule has 0 spiro atoms. The minimum Gasteiger partial charge on any atom is -0.444 e. The number of hydrogen-bond acceptors (Lipinski definition) is 4. The van der Waals surface area contributed by atoms with Crippen LogP contribution in [0.1, 0.15) is 27.2 Å². The normalized spacial score (nSPS) is 26.2. The quantitative estimate of drug-likeness (QED) is 0.745. The first-order chi connectivity index (χ1) is 7.70. The van der Waals surface area contributed by atoms with Crippen LogP contribution in [0.25, 0.3) is 0 Å². The van der Waals surface area contributed by atoms with Gasteiger partial charge in [0.25, 0.3) is 0 Å². The number of aliphatic hydroxyl groups is 1. The van der Waals surface area contributed by atoms with Gasteiger partial charge in [0.2, 0.25) is 0 Å². The Morgan fingerprint density at radius 1 is 1.41 bits per heavy atom. The second kappa shape index (κ2) is 5.23. The lowest BCUT2D eigenvalue weighted by Crippen LogP contribution is -2.55. The van der Waals surface area contributed by atoms with Crippen molar-refractivity contribution >= 4 is 6.09 Å². The Balaban J connectivity index is 2.59. The smallest absolute Gasteiger partial charge is 0.410 e. The van der Waals surface area contributed by atoms with Crippen LogP contribution in [-0.4, -0.2) is 65.9 Å². The van der Waals surface area contributed by atoms with Gasteiger partial charge in [-0.25, -0.2) is 4.79 Å². The molecule has 2 unspecified atom stereocenters. The molecule has 0 aromatic heterocycles. The number of aliphatic hydroxyl groups excluding tert-OH is 1. The van der Waals surface area contributed by atoms with Crippen molar-refractivity contribution in [3.63, 3.8) is 0 Å². The van der Waals surface area contributed by atoms with E-state index in [9.17, 15) is 9.90 Å². The summed E-state index contributed by atoms with van der Waals surface area (Å²) < 4.78 is 5.33. The van der Waals surface area contributed by atoms with Gasteiger partial charge in [0, 0.05) is 13.1 Å². The van der Waals surface area contributed by atoms with Gasteiger partial charge in [-0.3, -0.25) is 0 Å². The van der Waals surface area contributed by atoms with Crippen molar-refractivity contribution in [2.24, 2.45) is 0 Å². The molecule has 1 heterocycles. The SMILES string of the molecule is CN(C)C1CN(C(=O)OC(C)(C)C)CCC1O. The summed E-state index contributed by atoms with van der Waals surface area (Å²) in [5.74, 6) is 0. The molecule has 0 radical (unpaired) electrons. The summed E-state index contributed by atoms with van der Waals surface area (Å²) in [4.78, 5) is 15.5. The van der Waals surface area contributed by atoms with E-state index in [1.54, 1.807) is 4.90 Å². The Morgan fingerprint density at radius 3 is 2.47 bits per heavy atom. The third-order valence-electron chi connectivity index (χ3n) is 2.86. The van der Waals surface area contributed by atoms with E-state index in [1.165, 1.54) is 0 Å². The number of amides is 1. The summed E-state index contributed by atoms with van der Waals surface area (Å²) in [6, 6.07) is -0.0173. The number of likely N-dealkylation sites (N-methyl/N-ethyl adjacent to an activating group) is 1. The summed E-state index contributed by atoms with van der Waals surface area (Å²) in [6.07, 6.45) is -0.0674. The average Bonchev–Trinajstić information content (AvgIpc) is 2.14. The van der Waals surface area contributed by atoms with Crippen LogP contribution in [0, 0.1) is 0 Å². The predicted molar refractivity (Wildman–Crippen MR) is 65.9 cm³/mol.